The van der Waals surface area contributed by atoms with Gasteiger partial charge in [-0.2, -0.15) is 4.98 Å². The monoisotopic (exact) mass is 444 g/mol. The lowest BCUT2D eigenvalue weighted by Gasteiger charge is -2.36. The summed E-state index contributed by atoms with van der Waals surface area (Å²) in [4.78, 5) is 9.08. The van der Waals surface area contributed by atoms with Gasteiger partial charge < -0.3 is 15.0 Å². The number of ether oxygens (including phenoxy) is 1. The summed E-state index contributed by atoms with van der Waals surface area (Å²) in [6.45, 7) is 7.89. The Morgan fingerprint density at radius 3 is 2.47 bits per heavy atom. The van der Waals surface area contributed by atoms with Crippen LogP contribution in [0.4, 0.5) is 26.1 Å². The Balaban J connectivity index is 0.00000306. The minimum Gasteiger partial charge on any atom is -0.385 e. The van der Waals surface area contributed by atoms with Gasteiger partial charge in [0, 0.05) is 65.3 Å². The third-order valence-corrected chi connectivity index (χ3v) is 5.48. The van der Waals surface area contributed by atoms with Crippen molar-refractivity contribution in [3.05, 3.63) is 59.9 Å². The molecule has 0 amide bonds. The highest BCUT2D eigenvalue weighted by Crippen LogP contribution is 2.25. The van der Waals surface area contributed by atoms with E-state index in [0.717, 1.165) is 68.8 Å². The number of hydrogen-bond donors (Lipinski definition) is 1. The first kappa shape index (κ1) is 22.2. The lowest BCUT2D eigenvalue weighted by Crippen LogP contribution is -2.46. The highest BCUT2D eigenvalue weighted by molar-refractivity contribution is 5.64. The van der Waals surface area contributed by atoms with Gasteiger partial charge in [-0.25, -0.2) is 13.5 Å². The first-order valence-electron chi connectivity index (χ1n) is 10.7. The second-order valence-corrected chi connectivity index (χ2v) is 8.00. The van der Waals surface area contributed by atoms with Crippen LogP contribution in [-0.4, -0.2) is 66.1 Å². The van der Waals surface area contributed by atoms with Crippen LogP contribution in [0.15, 0.2) is 42.7 Å². The minimum atomic E-state index is -0.660. The number of benzene rings is 2. The fourth-order valence-corrected chi connectivity index (χ4v) is 3.93. The van der Waals surface area contributed by atoms with Crippen LogP contribution in [0.5, 0.6) is 0 Å². The number of methoxy groups -OCH3 is 1. The van der Waals surface area contributed by atoms with Crippen LogP contribution in [0.1, 0.15) is 13.4 Å². The molecular formula is C23H30F2N6O. The molecule has 32 heavy (non-hydrogen) atoms. The van der Waals surface area contributed by atoms with E-state index >= 15 is 0 Å². The number of hydrogen-bond acceptors (Lipinski definition) is 6. The quantitative estimate of drug-likeness (QED) is 0.530. The summed E-state index contributed by atoms with van der Waals surface area (Å²) in [5, 5.41) is 7.51. The van der Waals surface area contributed by atoms with Crippen LogP contribution in [0.3, 0.4) is 0 Å². The van der Waals surface area contributed by atoms with Gasteiger partial charge in [-0.05, 0) is 49.2 Å². The van der Waals surface area contributed by atoms with E-state index in [1.54, 1.807) is 7.11 Å². The largest absolute Gasteiger partial charge is 0.385 e. The van der Waals surface area contributed by atoms with Gasteiger partial charge >= 0.3 is 0 Å². The lowest BCUT2D eigenvalue weighted by molar-refractivity contribution is 0.169. The molecule has 2 aromatic carbocycles. The average molecular weight is 445 g/mol. The Morgan fingerprint density at radius 2 is 1.75 bits per heavy atom. The maximum Gasteiger partial charge on any atom is 0.246 e. The first-order chi connectivity index (χ1) is 15.5. The summed E-state index contributed by atoms with van der Waals surface area (Å²) in [6, 6.07) is 9.52. The smallest absolute Gasteiger partial charge is 0.246 e. The van der Waals surface area contributed by atoms with Gasteiger partial charge in [0.2, 0.25) is 5.95 Å². The molecule has 0 radical (unpaired) electrons. The van der Waals surface area contributed by atoms with Gasteiger partial charge in [0.15, 0.2) is 0 Å². The van der Waals surface area contributed by atoms with E-state index in [9.17, 15) is 8.78 Å². The molecule has 2 heterocycles. The number of piperazine rings is 1. The normalized spacial score (nSPS) is 14.7. The third-order valence-electron chi connectivity index (χ3n) is 5.48. The molecule has 0 unspecified atom stereocenters. The van der Waals surface area contributed by atoms with Crippen molar-refractivity contribution >= 4 is 17.3 Å². The van der Waals surface area contributed by atoms with Gasteiger partial charge in [-0.15, -0.1) is 5.10 Å². The number of nitrogens with zero attached hydrogens (tertiary/aromatic N) is 5. The van der Waals surface area contributed by atoms with E-state index < -0.39 is 11.6 Å². The SMILES string of the molecule is COCCCN1CCN(c2cc(C)cc(Nc3ncn(-c4cc(F)cc(F)c4)n3)c2)CC1.[HH]. The summed E-state index contributed by atoms with van der Waals surface area (Å²) in [5.74, 6) is -0.964. The molecule has 7 nitrogen and oxygen atoms in total. The zero-order valence-electron chi connectivity index (χ0n) is 18.4. The van der Waals surface area contributed by atoms with E-state index in [-0.39, 0.29) is 7.11 Å². The van der Waals surface area contributed by atoms with Crippen molar-refractivity contribution < 1.29 is 14.9 Å². The molecule has 0 aliphatic carbocycles. The number of aromatic nitrogens is 3. The lowest BCUT2D eigenvalue weighted by atomic mass is 10.1. The number of anilines is 3. The Kier molecular flexibility index (Phi) is 6.96. The second kappa shape index (κ2) is 10.1. The molecule has 1 aliphatic heterocycles. The van der Waals surface area contributed by atoms with E-state index in [2.05, 4.69) is 44.3 Å². The van der Waals surface area contributed by atoms with Gasteiger partial charge in [0.1, 0.15) is 18.0 Å². The molecule has 0 bridgehead atoms. The van der Waals surface area contributed by atoms with Crippen LogP contribution in [0.2, 0.25) is 0 Å². The highest BCUT2D eigenvalue weighted by atomic mass is 19.1. The molecule has 3 aromatic rings. The standard InChI is InChI=1S/C23H28F2N6O.H2/c1-17-10-20(15-21(11-17)30-7-5-29(6-8-30)4-3-9-32-2)27-23-26-16-31(28-23)22-13-18(24)12-19(25)14-22;/h10-16H,3-9H2,1-2H3,(H,27,28);1H. The molecule has 4 rings (SSSR count). The summed E-state index contributed by atoms with van der Waals surface area (Å²) in [6.07, 6.45) is 2.48. The van der Waals surface area contributed by atoms with E-state index in [1.165, 1.54) is 23.1 Å². The summed E-state index contributed by atoms with van der Waals surface area (Å²) < 4.78 is 33.5. The highest BCUT2D eigenvalue weighted by Gasteiger charge is 2.17. The van der Waals surface area contributed by atoms with Crippen molar-refractivity contribution in [3.63, 3.8) is 0 Å². The summed E-state index contributed by atoms with van der Waals surface area (Å²) >= 11 is 0. The molecule has 1 saturated heterocycles. The topological polar surface area (TPSA) is 58.5 Å². The summed E-state index contributed by atoms with van der Waals surface area (Å²) in [7, 11) is 1.74. The van der Waals surface area contributed by atoms with Gasteiger partial charge in [0.25, 0.3) is 0 Å². The third kappa shape index (κ3) is 5.60. The Bertz CT molecular complexity index is 1030. The van der Waals surface area contributed by atoms with Crippen molar-refractivity contribution in [3.8, 4) is 5.69 Å². The number of halogens is 2. The van der Waals surface area contributed by atoms with Crippen LogP contribution in [-0.2, 0) is 4.74 Å². The van der Waals surface area contributed by atoms with Gasteiger partial charge in [-0.1, -0.05) is 0 Å². The predicted molar refractivity (Wildman–Crippen MR) is 123 cm³/mol. The van der Waals surface area contributed by atoms with Crippen molar-refractivity contribution in [2.24, 2.45) is 0 Å². The zero-order chi connectivity index (χ0) is 22.5. The molecule has 0 saturated carbocycles. The number of rotatable bonds is 8. The number of nitrogens with one attached hydrogen (secondary N) is 1. The fraction of sp³-hybridized carbons (Fsp3) is 0.391. The molecule has 1 N–H and O–H groups in total. The van der Waals surface area contributed by atoms with Crippen LogP contribution >= 0.6 is 0 Å². The van der Waals surface area contributed by atoms with Gasteiger partial charge in [0.05, 0.1) is 5.69 Å². The Morgan fingerprint density at radius 1 is 1.00 bits per heavy atom. The Hall–Kier alpha value is -3.04. The molecule has 0 spiro atoms. The molecule has 1 aromatic heterocycles. The maximum absolute atomic E-state index is 13.5. The predicted octanol–water partition coefficient (Wildman–Crippen LogP) is 4.00. The first-order valence-corrected chi connectivity index (χ1v) is 10.7. The molecule has 1 fully saturated rings. The Labute approximate surface area is 188 Å². The molecule has 0 atom stereocenters. The van der Waals surface area contributed by atoms with Crippen molar-refractivity contribution in [1.82, 2.24) is 19.7 Å². The van der Waals surface area contributed by atoms with E-state index in [1.807, 2.05) is 6.07 Å². The van der Waals surface area contributed by atoms with E-state index in [0.29, 0.717) is 5.95 Å². The minimum absolute atomic E-state index is 0. The van der Waals surface area contributed by atoms with Crippen molar-refractivity contribution in [2.45, 2.75) is 13.3 Å². The zero-order valence-corrected chi connectivity index (χ0v) is 18.4. The molecular weight excluding hydrogens is 414 g/mol. The second-order valence-electron chi connectivity index (χ2n) is 8.00. The fourth-order valence-electron chi connectivity index (χ4n) is 3.93. The van der Waals surface area contributed by atoms with Crippen LogP contribution < -0.4 is 10.2 Å². The molecule has 1 aliphatic rings. The van der Waals surface area contributed by atoms with Crippen molar-refractivity contribution in [1.29, 1.82) is 0 Å². The molecule has 172 valence electrons. The van der Waals surface area contributed by atoms with Crippen molar-refractivity contribution in [2.75, 3.05) is 56.7 Å². The van der Waals surface area contributed by atoms with Gasteiger partial charge in [-0.3, -0.25) is 4.90 Å². The van der Waals surface area contributed by atoms with Crippen LogP contribution in [0, 0.1) is 18.6 Å². The summed E-state index contributed by atoms with van der Waals surface area (Å²) in [5.41, 5.74) is 3.41. The maximum atomic E-state index is 13.5. The average Bonchev–Trinajstić information content (AvgIpc) is 3.22. The van der Waals surface area contributed by atoms with Crippen LogP contribution in [0.25, 0.3) is 5.69 Å². The molecule has 9 heteroatoms. The van der Waals surface area contributed by atoms with E-state index in [4.69, 9.17) is 4.74 Å². The number of aryl methyl sites for hydroxylation is 1.